The highest BCUT2D eigenvalue weighted by Gasteiger charge is 2.32. The van der Waals surface area contributed by atoms with Gasteiger partial charge in [-0.1, -0.05) is 0 Å². The minimum absolute atomic E-state index is 0.107. The summed E-state index contributed by atoms with van der Waals surface area (Å²) < 4.78 is 5.16. The van der Waals surface area contributed by atoms with Gasteiger partial charge in [0.1, 0.15) is 6.61 Å². The van der Waals surface area contributed by atoms with Crippen molar-refractivity contribution in [2.45, 2.75) is 24.8 Å². The lowest BCUT2D eigenvalue weighted by atomic mass is 10.1. The Balaban J connectivity index is 1.22. The fourth-order valence-corrected chi connectivity index (χ4v) is 3.27. The third kappa shape index (κ3) is 3.37. The molecule has 3 fully saturated rings. The van der Waals surface area contributed by atoms with Crippen molar-refractivity contribution in [3.05, 3.63) is 17.8 Å². The number of amides is 1. The van der Waals surface area contributed by atoms with Crippen LogP contribution in [0, 0.1) is 0 Å². The van der Waals surface area contributed by atoms with Gasteiger partial charge in [0.25, 0.3) is 0 Å². The molecule has 7 nitrogen and oxygen atoms in total. The molecule has 130 valence electrons. The van der Waals surface area contributed by atoms with E-state index in [0.29, 0.717) is 25.1 Å². The summed E-state index contributed by atoms with van der Waals surface area (Å²) >= 11 is 0. The molecule has 0 N–H and O–H groups in total. The van der Waals surface area contributed by atoms with Crippen LogP contribution in [0.2, 0.25) is 0 Å². The first-order valence-corrected chi connectivity index (χ1v) is 8.85. The third-order valence-electron chi connectivity index (χ3n) is 5.28. The lowest BCUT2D eigenvalue weighted by Crippen LogP contribution is -2.60. The Morgan fingerprint density at radius 1 is 1.29 bits per heavy atom. The van der Waals surface area contributed by atoms with Gasteiger partial charge in [-0.15, -0.1) is 5.10 Å². The van der Waals surface area contributed by atoms with Gasteiger partial charge in [0.2, 0.25) is 5.91 Å². The number of likely N-dealkylation sites (N-methyl/N-ethyl adjacent to an activating group) is 1. The summed E-state index contributed by atoms with van der Waals surface area (Å²) in [5, 5.41) is 8.73. The van der Waals surface area contributed by atoms with Crippen molar-refractivity contribution in [2.75, 3.05) is 57.9 Å². The number of ether oxygens (including phenoxy) is 1. The summed E-state index contributed by atoms with van der Waals surface area (Å²) in [6.45, 7) is 5.24. The molecule has 24 heavy (non-hydrogen) atoms. The number of hydrogen-bond donors (Lipinski definition) is 0. The second-order valence-electron chi connectivity index (χ2n) is 7.06. The van der Waals surface area contributed by atoms with Crippen LogP contribution in [0.5, 0.6) is 0 Å². The summed E-state index contributed by atoms with van der Waals surface area (Å²) in [4.78, 5) is 18.2. The van der Waals surface area contributed by atoms with Crippen LogP contribution < -0.4 is 4.90 Å². The molecule has 4 rings (SSSR count). The van der Waals surface area contributed by atoms with E-state index in [1.165, 1.54) is 12.8 Å². The van der Waals surface area contributed by atoms with E-state index in [1.807, 2.05) is 4.90 Å². The summed E-state index contributed by atoms with van der Waals surface area (Å²) in [5.74, 6) is 1.74. The maximum atomic E-state index is 11.7. The van der Waals surface area contributed by atoms with Gasteiger partial charge in [-0.05, 0) is 32.0 Å². The van der Waals surface area contributed by atoms with Crippen LogP contribution in [0.15, 0.2) is 12.1 Å². The Bertz CT molecular complexity index is 583. The molecule has 7 heteroatoms. The average molecular weight is 331 g/mol. The van der Waals surface area contributed by atoms with Crippen LogP contribution in [0.3, 0.4) is 0 Å². The second kappa shape index (κ2) is 6.64. The van der Waals surface area contributed by atoms with Gasteiger partial charge in [-0.25, -0.2) is 0 Å². The van der Waals surface area contributed by atoms with Gasteiger partial charge >= 0.3 is 0 Å². The van der Waals surface area contributed by atoms with Crippen molar-refractivity contribution in [3.63, 3.8) is 0 Å². The molecule has 1 aromatic rings. The van der Waals surface area contributed by atoms with E-state index in [9.17, 15) is 4.79 Å². The van der Waals surface area contributed by atoms with Gasteiger partial charge in [0.15, 0.2) is 5.82 Å². The molecule has 0 aromatic carbocycles. The predicted octanol–water partition coefficient (Wildman–Crippen LogP) is 0.333. The first kappa shape index (κ1) is 15.8. The molecule has 0 unspecified atom stereocenters. The fraction of sp³-hybridized carbons (Fsp3) is 0.706. The number of nitrogens with zero attached hydrogens (tertiary/aromatic N) is 5. The number of hydrogen-bond acceptors (Lipinski definition) is 6. The Kier molecular flexibility index (Phi) is 4.37. The number of carbonyl (C=O) groups excluding carboxylic acids is 1. The number of carbonyl (C=O) groups is 1. The summed E-state index contributed by atoms with van der Waals surface area (Å²) in [5.41, 5.74) is 1.14. The summed E-state index contributed by atoms with van der Waals surface area (Å²) in [6.07, 6.45) is 2.52. The Labute approximate surface area is 142 Å². The van der Waals surface area contributed by atoms with Gasteiger partial charge in [0, 0.05) is 44.7 Å². The van der Waals surface area contributed by atoms with E-state index >= 15 is 0 Å². The third-order valence-corrected chi connectivity index (χ3v) is 5.28. The first-order valence-electron chi connectivity index (χ1n) is 8.85. The highest BCUT2D eigenvalue weighted by atomic mass is 16.5. The number of rotatable bonds is 6. The first-order chi connectivity index (χ1) is 11.7. The van der Waals surface area contributed by atoms with Crippen molar-refractivity contribution in [3.8, 4) is 0 Å². The van der Waals surface area contributed by atoms with E-state index in [2.05, 4.69) is 39.2 Å². The Hall–Kier alpha value is -1.73. The van der Waals surface area contributed by atoms with Crippen molar-refractivity contribution in [1.82, 2.24) is 20.0 Å². The second-order valence-corrected chi connectivity index (χ2v) is 7.06. The van der Waals surface area contributed by atoms with Gasteiger partial charge < -0.3 is 14.5 Å². The lowest BCUT2D eigenvalue weighted by molar-refractivity contribution is -0.142. The molecule has 1 amide bonds. The minimum atomic E-state index is 0.107. The van der Waals surface area contributed by atoms with Gasteiger partial charge in [-0.3, -0.25) is 9.69 Å². The standard InChI is InChI=1S/C17H25N5O2/c1-20(6-7-21-8-9-24-12-17(21)23)14-10-22(11-14)16-5-4-15(18-19-16)13-2-3-13/h4-5,13-14H,2-3,6-12H2,1H3. The van der Waals surface area contributed by atoms with Crippen LogP contribution in [0.4, 0.5) is 5.82 Å². The van der Waals surface area contributed by atoms with Crippen molar-refractivity contribution in [2.24, 2.45) is 0 Å². The molecule has 0 bridgehead atoms. The molecular formula is C17H25N5O2. The number of aromatic nitrogens is 2. The topological polar surface area (TPSA) is 61.8 Å². The molecular weight excluding hydrogens is 306 g/mol. The maximum Gasteiger partial charge on any atom is 0.248 e. The zero-order chi connectivity index (χ0) is 16.5. The number of morpholine rings is 1. The van der Waals surface area contributed by atoms with Crippen molar-refractivity contribution in [1.29, 1.82) is 0 Å². The molecule has 0 atom stereocenters. The monoisotopic (exact) mass is 331 g/mol. The fourth-order valence-electron chi connectivity index (χ4n) is 3.27. The van der Waals surface area contributed by atoms with Crippen LogP contribution >= 0.6 is 0 Å². The zero-order valence-corrected chi connectivity index (χ0v) is 14.2. The van der Waals surface area contributed by atoms with Crippen molar-refractivity contribution < 1.29 is 9.53 Å². The average Bonchev–Trinajstić information content (AvgIpc) is 3.38. The number of anilines is 1. The smallest absolute Gasteiger partial charge is 0.248 e. The molecule has 0 spiro atoms. The lowest BCUT2D eigenvalue weighted by Gasteiger charge is -2.45. The maximum absolute atomic E-state index is 11.7. The molecule has 2 saturated heterocycles. The SMILES string of the molecule is CN(CCN1CCOCC1=O)C1CN(c2ccc(C3CC3)nn2)C1. The molecule has 0 radical (unpaired) electrons. The van der Waals surface area contributed by atoms with Gasteiger partial charge in [0.05, 0.1) is 12.3 Å². The van der Waals surface area contributed by atoms with Crippen LogP contribution in [-0.4, -0.2) is 84.9 Å². The van der Waals surface area contributed by atoms with Gasteiger partial charge in [-0.2, -0.15) is 5.10 Å². The Morgan fingerprint density at radius 2 is 2.12 bits per heavy atom. The molecule has 1 saturated carbocycles. The zero-order valence-electron chi connectivity index (χ0n) is 14.2. The van der Waals surface area contributed by atoms with E-state index in [-0.39, 0.29) is 12.5 Å². The summed E-state index contributed by atoms with van der Waals surface area (Å²) in [7, 11) is 2.13. The van der Waals surface area contributed by atoms with E-state index in [4.69, 9.17) is 4.74 Å². The minimum Gasteiger partial charge on any atom is -0.370 e. The summed E-state index contributed by atoms with van der Waals surface area (Å²) in [6, 6.07) is 4.75. The van der Waals surface area contributed by atoms with E-state index in [0.717, 1.165) is 37.7 Å². The molecule has 1 aliphatic carbocycles. The van der Waals surface area contributed by atoms with E-state index < -0.39 is 0 Å². The molecule has 2 aliphatic heterocycles. The normalized spacial score (nSPS) is 22.2. The quantitative estimate of drug-likeness (QED) is 0.749. The molecule has 3 aliphatic rings. The van der Waals surface area contributed by atoms with Crippen LogP contribution in [0.1, 0.15) is 24.5 Å². The molecule has 3 heterocycles. The van der Waals surface area contributed by atoms with Crippen molar-refractivity contribution >= 4 is 11.7 Å². The predicted molar refractivity (Wildman–Crippen MR) is 90.0 cm³/mol. The molecule has 1 aromatic heterocycles. The largest absolute Gasteiger partial charge is 0.370 e. The Morgan fingerprint density at radius 3 is 2.79 bits per heavy atom. The highest BCUT2D eigenvalue weighted by Crippen LogP contribution is 2.38. The van der Waals surface area contributed by atoms with E-state index in [1.54, 1.807) is 0 Å². The van der Waals surface area contributed by atoms with Crippen LogP contribution in [-0.2, 0) is 9.53 Å². The highest BCUT2D eigenvalue weighted by molar-refractivity contribution is 5.77. The van der Waals surface area contributed by atoms with Crippen LogP contribution in [0.25, 0.3) is 0 Å².